The van der Waals surface area contributed by atoms with E-state index in [1.165, 1.54) is 6.92 Å². The predicted molar refractivity (Wildman–Crippen MR) is 95.3 cm³/mol. The van der Waals surface area contributed by atoms with Crippen LogP contribution in [0, 0.1) is 29.6 Å². The highest BCUT2D eigenvalue weighted by atomic mass is 16.5. The maximum absolute atomic E-state index is 12.5. The van der Waals surface area contributed by atoms with Crippen molar-refractivity contribution in [3.63, 3.8) is 0 Å². The van der Waals surface area contributed by atoms with Gasteiger partial charge in [-0.3, -0.25) is 9.59 Å². The molecule has 8 atom stereocenters. The van der Waals surface area contributed by atoms with Crippen LogP contribution in [-0.4, -0.2) is 41.1 Å². The van der Waals surface area contributed by atoms with E-state index < -0.39 is 18.2 Å². The summed E-state index contributed by atoms with van der Waals surface area (Å²) in [5.41, 5.74) is 0.148. The summed E-state index contributed by atoms with van der Waals surface area (Å²) in [6, 6.07) is 0. The number of allylic oxidation sites excluding steroid dienone is 2. The van der Waals surface area contributed by atoms with E-state index in [1.54, 1.807) is 6.08 Å². The number of hydrogen-bond acceptors (Lipinski definition) is 6. The van der Waals surface area contributed by atoms with Crippen LogP contribution in [-0.2, 0) is 23.9 Å². The number of hydrogen-bond donors (Lipinski definition) is 1. The van der Waals surface area contributed by atoms with Gasteiger partial charge in [0, 0.05) is 25.7 Å². The third kappa shape index (κ3) is 3.35. The highest BCUT2D eigenvalue weighted by Gasteiger charge is 2.49. The molecule has 5 aliphatic rings. The summed E-state index contributed by atoms with van der Waals surface area (Å²) in [5.74, 6) is -0.642. The molecule has 27 heavy (non-hydrogen) atoms. The van der Waals surface area contributed by atoms with E-state index in [9.17, 15) is 19.5 Å². The van der Waals surface area contributed by atoms with Gasteiger partial charge in [-0.2, -0.15) is 0 Å². The van der Waals surface area contributed by atoms with Crippen LogP contribution in [0.1, 0.15) is 39.5 Å². The van der Waals surface area contributed by atoms with Gasteiger partial charge in [0.2, 0.25) is 0 Å². The summed E-state index contributed by atoms with van der Waals surface area (Å²) in [4.78, 5) is 36.4. The van der Waals surface area contributed by atoms with Gasteiger partial charge in [0.15, 0.2) is 5.78 Å². The number of rotatable bonds is 1. The summed E-state index contributed by atoms with van der Waals surface area (Å²) in [6.45, 7) is 3.49. The molecule has 0 aromatic carbocycles. The van der Waals surface area contributed by atoms with E-state index in [-0.39, 0.29) is 59.4 Å². The molecule has 6 nitrogen and oxygen atoms in total. The van der Waals surface area contributed by atoms with E-state index >= 15 is 0 Å². The van der Waals surface area contributed by atoms with E-state index in [2.05, 4.69) is 19.1 Å². The first kappa shape index (κ1) is 18.4. The van der Waals surface area contributed by atoms with Crippen molar-refractivity contribution in [2.24, 2.45) is 29.6 Å². The number of aliphatic hydroxyl groups is 1. The number of fused-ring (bicyclic) bond motifs is 5. The lowest BCUT2D eigenvalue weighted by molar-refractivity contribution is -0.153. The van der Waals surface area contributed by atoms with Crippen LogP contribution in [0.3, 0.4) is 0 Å². The lowest BCUT2D eigenvalue weighted by Crippen LogP contribution is -2.40. The number of ether oxygens (including phenoxy) is 2. The van der Waals surface area contributed by atoms with Crippen molar-refractivity contribution in [3.8, 4) is 0 Å². The fourth-order valence-electron chi connectivity index (χ4n) is 5.48. The Labute approximate surface area is 158 Å². The van der Waals surface area contributed by atoms with Gasteiger partial charge in [0.1, 0.15) is 12.2 Å². The van der Waals surface area contributed by atoms with Gasteiger partial charge >= 0.3 is 11.9 Å². The van der Waals surface area contributed by atoms with Crippen molar-refractivity contribution >= 4 is 17.7 Å². The topological polar surface area (TPSA) is 89.9 Å². The van der Waals surface area contributed by atoms with E-state index in [0.717, 1.165) is 6.42 Å². The number of ketones is 1. The van der Waals surface area contributed by atoms with Crippen molar-refractivity contribution in [1.82, 2.24) is 0 Å². The fourth-order valence-corrected chi connectivity index (χ4v) is 5.48. The molecule has 0 unspecified atom stereocenters. The Hall–Kier alpha value is -1.95. The Bertz CT molecular complexity index is 702. The van der Waals surface area contributed by atoms with Crippen LogP contribution in [0.2, 0.25) is 0 Å². The van der Waals surface area contributed by atoms with Crippen LogP contribution in [0.25, 0.3) is 0 Å². The molecule has 0 radical (unpaired) electrons. The van der Waals surface area contributed by atoms with Gasteiger partial charge in [-0.25, -0.2) is 4.79 Å². The summed E-state index contributed by atoms with van der Waals surface area (Å²) >= 11 is 0. The first-order chi connectivity index (χ1) is 12.8. The first-order valence-corrected chi connectivity index (χ1v) is 9.83. The van der Waals surface area contributed by atoms with Crippen LogP contribution in [0.15, 0.2) is 23.8 Å². The highest BCUT2D eigenvalue weighted by molar-refractivity contribution is 6.18. The normalized spacial score (nSPS) is 43.4. The lowest BCUT2D eigenvalue weighted by Gasteiger charge is -2.38. The van der Waals surface area contributed by atoms with Crippen molar-refractivity contribution in [3.05, 3.63) is 23.8 Å². The molecule has 5 rings (SSSR count). The van der Waals surface area contributed by atoms with E-state index in [4.69, 9.17) is 9.47 Å². The average molecular weight is 374 g/mol. The molecule has 2 heterocycles. The minimum absolute atomic E-state index is 0.0528. The summed E-state index contributed by atoms with van der Waals surface area (Å²) in [7, 11) is 0. The zero-order valence-corrected chi connectivity index (χ0v) is 15.7. The molecule has 0 aromatic rings. The van der Waals surface area contributed by atoms with Gasteiger partial charge in [0.05, 0.1) is 11.7 Å². The Kier molecular flexibility index (Phi) is 4.70. The molecule has 2 fully saturated rings. The second kappa shape index (κ2) is 6.89. The number of aliphatic hydroxyl groups excluding tert-OH is 1. The minimum Gasteiger partial charge on any atom is -0.462 e. The van der Waals surface area contributed by atoms with Gasteiger partial charge in [0.25, 0.3) is 0 Å². The molecule has 3 aliphatic carbocycles. The zero-order valence-electron chi connectivity index (χ0n) is 15.7. The third-order valence-corrected chi connectivity index (χ3v) is 6.60. The number of Topliss-reactive ketones (excluding diaryl/α,β-unsaturated/α-hetero) is 1. The molecule has 1 saturated carbocycles. The van der Waals surface area contributed by atoms with Crippen molar-refractivity contribution in [2.45, 2.75) is 57.8 Å². The van der Waals surface area contributed by atoms with E-state index in [0.29, 0.717) is 12.8 Å². The van der Waals surface area contributed by atoms with Crippen LogP contribution < -0.4 is 0 Å². The first-order valence-electron chi connectivity index (χ1n) is 9.83. The van der Waals surface area contributed by atoms with Crippen molar-refractivity contribution in [2.75, 3.05) is 0 Å². The van der Waals surface area contributed by atoms with Gasteiger partial charge in [-0.1, -0.05) is 25.2 Å². The molecule has 146 valence electrons. The van der Waals surface area contributed by atoms with Crippen molar-refractivity contribution < 1.29 is 29.0 Å². The van der Waals surface area contributed by atoms with Gasteiger partial charge in [-0.15, -0.1) is 0 Å². The highest BCUT2D eigenvalue weighted by Crippen LogP contribution is 2.50. The minimum atomic E-state index is -0.625. The predicted octanol–water partition coefficient (Wildman–Crippen LogP) is 1.96. The smallest absolute Gasteiger partial charge is 0.341 e. The Morgan fingerprint density at radius 2 is 1.96 bits per heavy atom. The van der Waals surface area contributed by atoms with Crippen molar-refractivity contribution in [1.29, 1.82) is 0 Å². The van der Waals surface area contributed by atoms with Crippen LogP contribution in [0.5, 0.6) is 0 Å². The number of carbonyl (C=O) groups excluding carboxylic acids is 3. The summed E-state index contributed by atoms with van der Waals surface area (Å²) in [5, 5.41) is 10.5. The standard InChI is InChI=1S/C21H26O6/c1-10-5-17-15(20(10)26-11(2)22)4-3-12-6-13(23)7-14-8-19(24)18(9-16(12)17)21(25)27-14/h3-4,9-10,12-17,20,23H,5-8H2,1-2H3/t10-,12+,13+,14+,15-,16-,17-,20-/m0/s1. The lowest BCUT2D eigenvalue weighted by atomic mass is 9.68. The second-order valence-corrected chi connectivity index (χ2v) is 8.51. The monoisotopic (exact) mass is 374 g/mol. The molecule has 0 spiro atoms. The molecule has 0 aromatic heterocycles. The van der Waals surface area contributed by atoms with Crippen LogP contribution >= 0.6 is 0 Å². The zero-order chi connectivity index (χ0) is 19.3. The third-order valence-electron chi connectivity index (χ3n) is 6.60. The quantitative estimate of drug-likeness (QED) is 0.429. The average Bonchev–Trinajstić information content (AvgIpc) is 2.87. The Morgan fingerprint density at radius 1 is 1.19 bits per heavy atom. The number of esters is 2. The molecular formula is C21H26O6. The summed E-state index contributed by atoms with van der Waals surface area (Å²) < 4.78 is 11.0. The molecule has 1 N–H and O–H groups in total. The molecule has 0 amide bonds. The van der Waals surface area contributed by atoms with Gasteiger partial charge < -0.3 is 14.6 Å². The molecule has 1 saturated heterocycles. The largest absolute Gasteiger partial charge is 0.462 e. The molecule has 2 aliphatic heterocycles. The molecule has 2 bridgehead atoms. The Morgan fingerprint density at radius 3 is 2.67 bits per heavy atom. The Balaban J connectivity index is 1.72. The van der Waals surface area contributed by atoms with Crippen LogP contribution in [0.4, 0.5) is 0 Å². The SMILES string of the molecule is CC(=O)O[C@@H]1[C@H]2C=C[C@@H]3C[C@@H](O)C[C@@H]4CC(=O)C(=C[C@@H]3[C@H]2C[C@@H]1C)C(=O)O4. The summed E-state index contributed by atoms with van der Waals surface area (Å²) in [6.07, 6.45) is 6.47. The molecular weight excluding hydrogens is 348 g/mol. The fraction of sp³-hybridized carbons (Fsp3) is 0.667. The van der Waals surface area contributed by atoms with Gasteiger partial charge in [-0.05, 0) is 36.5 Å². The number of carbonyl (C=O) groups is 3. The second-order valence-electron chi connectivity index (χ2n) is 8.51. The van der Waals surface area contributed by atoms with E-state index in [1.807, 2.05) is 0 Å². The maximum Gasteiger partial charge on any atom is 0.341 e. The molecule has 6 heteroatoms. The maximum atomic E-state index is 12.5.